The molecule has 1 heterocycles. The molecule has 0 aromatic heterocycles. The highest BCUT2D eigenvalue weighted by molar-refractivity contribution is 7.91. The number of rotatable bonds is 8. The first-order valence-corrected chi connectivity index (χ1v) is 12.0. The number of ether oxygens (including phenoxy) is 2. The Labute approximate surface area is 178 Å². The lowest BCUT2D eigenvalue weighted by Gasteiger charge is -2.31. The van der Waals surface area contributed by atoms with Gasteiger partial charge < -0.3 is 14.4 Å². The standard InChI is InChI=1S/C23H29NO5S/c1-4-18-9-11-19(12-10-18)15-24(20-13-14-30(26,27)16-20)23(25)17(2)29-22-8-6-5-7-21(22)28-3/h5-12,17,20H,4,13-16H2,1-3H3. The average molecular weight is 432 g/mol. The Morgan fingerprint density at radius 3 is 2.30 bits per heavy atom. The molecule has 0 bridgehead atoms. The molecule has 30 heavy (non-hydrogen) atoms. The molecule has 7 heteroatoms. The van der Waals surface area contributed by atoms with Crippen LogP contribution in [-0.2, 0) is 27.6 Å². The van der Waals surface area contributed by atoms with Crippen LogP contribution in [-0.4, -0.2) is 50.0 Å². The molecule has 2 atom stereocenters. The zero-order chi connectivity index (χ0) is 21.7. The molecule has 1 saturated heterocycles. The highest BCUT2D eigenvalue weighted by atomic mass is 32.2. The van der Waals surface area contributed by atoms with Gasteiger partial charge in [-0.3, -0.25) is 4.79 Å². The quantitative estimate of drug-likeness (QED) is 0.642. The highest BCUT2D eigenvalue weighted by Crippen LogP contribution is 2.28. The molecule has 2 unspecified atom stereocenters. The minimum Gasteiger partial charge on any atom is -0.493 e. The predicted octanol–water partition coefficient (Wildman–Crippen LogP) is 3.24. The third-order valence-corrected chi connectivity index (χ3v) is 7.19. The van der Waals surface area contributed by atoms with Gasteiger partial charge in [0.2, 0.25) is 0 Å². The molecule has 162 valence electrons. The van der Waals surface area contributed by atoms with E-state index in [4.69, 9.17) is 9.47 Å². The smallest absolute Gasteiger partial charge is 0.263 e. The first kappa shape index (κ1) is 22.2. The maximum Gasteiger partial charge on any atom is 0.263 e. The number of nitrogens with zero attached hydrogens (tertiary/aromatic N) is 1. The summed E-state index contributed by atoms with van der Waals surface area (Å²) < 4.78 is 35.3. The number of sulfone groups is 1. The molecule has 3 rings (SSSR count). The lowest BCUT2D eigenvalue weighted by molar-refractivity contribution is -0.140. The Hall–Kier alpha value is -2.54. The summed E-state index contributed by atoms with van der Waals surface area (Å²) in [6.45, 7) is 4.12. The molecule has 1 aliphatic heterocycles. The first-order chi connectivity index (χ1) is 14.3. The van der Waals surface area contributed by atoms with E-state index in [9.17, 15) is 13.2 Å². The van der Waals surface area contributed by atoms with Crippen molar-refractivity contribution in [3.8, 4) is 11.5 Å². The molecule has 1 fully saturated rings. The van der Waals surface area contributed by atoms with E-state index in [0.717, 1.165) is 12.0 Å². The van der Waals surface area contributed by atoms with Crippen molar-refractivity contribution in [2.24, 2.45) is 0 Å². The number of hydrogen-bond donors (Lipinski definition) is 0. The Bertz CT molecular complexity index is 971. The van der Waals surface area contributed by atoms with Gasteiger partial charge in [0.05, 0.1) is 18.6 Å². The molecule has 0 aliphatic carbocycles. The molecule has 6 nitrogen and oxygen atoms in total. The summed E-state index contributed by atoms with van der Waals surface area (Å²) in [6.07, 6.45) is 0.607. The molecular weight excluding hydrogens is 402 g/mol. The molecule has 0 N–H and O–H groups in total. The van der Waals surface area contributed by atoms with E-state index in [2.05, 4.69) is 6.92 Å². The SMILES string of the molecule is CCc1ccc(CN(C(=O)C(C)Oc2ccccc2OC)C2CCS(=O)(=O)C2)cc1. The van der Waals surface area contributed by atoms with E-state index >= 15 is 0 Å². The van der Waals surface area contributed by atoms with E-state index < -0.39 is 15.9 Å². The fourth-order valence-corrected chi connectivity index (χ4v) is 5.41. The van der Waals surface area contributed by atoms with Crippen molar-refractivity contribution in [3.63, 3.8) is 0 Å². The van der Waals surface area contributed by atoms with Crippen molar-refractivity contribution in [1.29, 1.82) is 0 Å². The Kier molecular flexibility index (Phi) is 7.02. The van der Waals surface area contributed by atoms with Crippen LogP contribution in [0.2, 0.25) is 0 Å². The molecule has 2 aromatic rings. The Morgan fingerprint density at radius 2 is 1.73 bits per heavy atom. The summed E-state index contributed by atoms with van der Waals surface area (Å²) in [6, 6.07) is 14.9. The van der Waals surface area contributed by atoms with Crippen molar-refractivity contribution >= 4 is 15.7 Å². The van der Waals surface area contributed by atoms with Gasteiger partial charge in [0, 0.05) is 12.6 Å². The van der Waals surface area contributed by atoms with Crippen molar-refractivity contribution in [1.82, 2.24) is 4.90 Å². The van der Waals surface area contributed by atoms with Crippen molar-refractivity contribution in [3.05, 3.63) is 59.7 Å². The van der Waals surface area contributed by atoms with Gasteiger partial charge in [0.15, 0.2) is 27.4 Å². The number of carbonyl (C=O) groups excluding carboxylic acids is 1. The first-order valence-electron chi connectivity index (χ1n) is 10.2. The number of benzene rings is 2. The second-order valence-corrected chi connectivity index (χ2v) is 9.83. The van der Waals surface area contributed by atoms with Crippen molar-refractivity contribution in [2.45, 2.75) is 45.4 Å². The van der Waals surface area contributed by atoms with Crippen LogP contribution >= 0.6 is 0 Å². The maximum atomic E-state index is 13.3. The normalized spacial score (nSPS) is 18.6. The van der Waals surface area contributed by atoms with Crippen LogP contribution in [0.3, 0.4) is 0 Å². The second kappa shape index (κ2) is 9.51. The van der Waals surface area contributed by atoms with Crippen molar-refractivity contribution in [2.75, 3.05) is 18.6 Å². The monoisotopic (exact) mass is 431 g/mol. The van der Waals surface area contributed by atoms with Crippen LogP contribution in [0, 0.1) is 0 Å². The number of para-hydroxylation sites is 2. The summed E-state index contributed by atoms with van der Waals surface area (Å²) in [7, 11) is -1.58. The minimum atomic E-state index is -3.13. The Balaban J connectivity index is 1.81. The van der Waals surface area contributed by atoms with E-state index in [-0.39, 0.29) is 23.5 Å². The number of amides is 1. The lowest BCUT2D eigenvalue weighted by Crippen LogP contribution is -2.46. The molecule has 1 amide bonds. The molecule has 0 spiro atoms. The van der Waals surface area contributed by atoms with Gasteiger partial charge in [-0.2, -0.15) is 0 Å². The van der Waals surface area contributed by atoms with Gasteiger partial charge >= 0.3 is 0 Å². The molecule has 2 aromatic carbocycles. The summed E-state index contributed by atoms with van der Waals surface area (Å²) >= 11 is 0. The van der Waals surface area contributed by atoms with Crippen LogP contribution in [0.25, 0.3) is 0 Å². The molecule has 1 aliphatic rings. The number of aryl methyl sites for hydroxylation is 1. The molecular formula is C23H29NO5S. The number of carbonyl (C=O) groups is 1. The largest absolute Gasteiger partial charge is 0.493 e. The van der Waals surface area contributed by atoms with Crippen LogP contribution in [0.4, 0.5) is 0 Å². The maximum absolute atomic E-state index is 13.3. The highest BCUT2D eigenvalue weighted by Gasteiger charge is 2.36. The molecule has 0 radical (unpaired) electrons. The van der Waals surface area contributed by atoms with Gasteiger partial charge in [-0.05, 0) is 43.0 Å². The topological polar surface area (TPSA) is 72.9 Å². The van der Waals surface area contributed by atoms with Gasteiger partial charge in [-0.1, -0.05) is 43.3 Å². The fraction of sp³-hybridized carbons (Fsp3) is 0.435. The van der Waals surface area contributed by atoms with Crippen LogP contribution < -0.4 is 9.47 Å². The van der Waals surface area contributed by atoms with E-state index in [1.54, 1.807) is 31.1 Å². The summed E-state index contributed by atoms with van der Waals surface area (Å²) in [5.41, 5.74) is 2.18. The summed E-state index contributed by atoms with van der Waals surface area (Å²) in [4.78, 5) is 15.0. The summed E-state index contributed by atoms with van der Waals surface area (Å²) in [5.74, 6) is 0.891. The summed E-state index contributed by atoms with van der Waals surface area (Å²) in [5, 5.41) is 0. The van der Waals surface area contributed by atoms with E-state index in [1.165, 1.54) is 5.56 Å². The second-order valence-electron chi connectivity index (χ2n) is 7.60. The molecule has 0 saturated carbocycles. The number of hydrogen-bond acceptors (Lipinski definition) is 5. The zero-order valence-corrected chi connectivity index (χ0v) is 18.5. The van der Waals surface area contributed by atoms with Crippen molar-refractivity contribution < 1.29 is 22.7 Å². The van der Waals surface area contributed by atoms with E-state index in [1.807, 2.05) is 36.4 Å². The van der Waals surface area contributed by atoms with Crippen LogP contribution in [0.15, 0.2) is 48.5 Å². The van der Waals surface area contributed by atoms with Gasteiger partial charge in [0.1, 0.15) is 0 Å². The third-order valence-electron chi connectivity index (χ3n) is 5.44. The fourth-order valence-electron chi connectivity index (χ4n) is 3.68. The third kappa shape index (κ3) is 5.33. The predicted molar refractivity (Wildman–Crippen MR) is 117 cm³/mol. The van der Waals surface area contributed by atoms with Crippen LogP contribution in [0.1, 0.15) is 31.4 Å². The number of methoxy groups -OCH3 is 1. The minimum absolute atomic E-state index is 0.00678. The average Bonchev–Trinajstić information content (AvgIpc) is 3.11. The van der Waals surface area contributed by atoms with E-state index in [0.29, 0.717) is 24.5 Å². The Morgan fingerprint density at radius 1 is 1.10 bits per heavy atom. The zero-order valence-electron chi connectivity index (χ0n) is 17.7. The lowest BCUT2D eigenvalue weighted by atomic mass is 10.1. The van der Waals surface area contributed by atoms with Gasteiger partial charge in [0.25, 0.3) is 5.91 Å². The van der Waals surface area contributed by atoms with Crippen LogP contribution in [0.5, 0.6) is 11.5 Å². The van der Waals surface area contributed by atoms with Gasteiger partial charge in [-0.25, -0.2) is 8.42 Å². The van der Waals surface area contributed by atoms with Gasteiger partial charge in [-0.15, -0.1) is 0 Å².